The van der Waals surface area contributed by atoms with Crippen LogP contribution in [0, 0.1) is 5.92 Å². The Kier molecular flexibility index (Phi) is 3.13. The Morgan fingerprint density at radius 3 is 2.57 bits per heavy atom. The van der Waals surface area contributed by atoms with Gasteiger partial charge >= 0.3 is 5.97 Å². The van der Waals surface area contributed by atoms with Crippen LogP contribution in [0.5, 0.6) is 0 Å². The number of hydrogen-bond acceptors (Lipinski definition) is 2. The summed E-state index contributed by atoms with van der Waals surface area (Å²) in [6, 6.07) is 0. The summed E-state index contributed by atoms with van der Waals surface area (Å²) in [6.07, 6.45) is 3.01. The standard InChI is InChI=1S/C10H17NO3/c1-7-4-3-5-10(6-7,9(13)14)11-8(2)12/h7H,3-6H2,1-2H3,(H,11,12)(H,13,14)/t7-,10+/m1/s1. The zero-order chi connectivity index (χ0) is 10.8. The minimum absolute atomic E-state index is 0.262. The molecule has 0 bridgehead atoms. The summed E-state index contributed by atoms with van der Waals surface area (Å²) in [5.74, 6) is -0.799. The predicted octanol–water partition coefficient (Wildman–Crippen LogP) is 1.16. The average molecular weight is 199 g/mol. The van der Waals surface area contributed by atoms with Crippen molar-refractivity contribution in [2.75, 3.05) is 0 Å². The molecule has 0 aromatic carbocycles. The molecule has 0 aliphatic heterocycles. The van der Waals surface area contributed by atoms with E-state index in [1.54, 1.807) is 0 Å². The van der Waals surface area contributed by atoms with Crippen LogP contribution in [0.4, 0.5) is 0 Å². The van der Waals surface area contributed by atoms with Gasteiger partial charge in [0.25, 0.3) is 0 Å². The van der Waals surface area contributed by atoms with Gasteiger partial charge in [-0.15, -0.1) is 0 Å². The lowest BCUT2D eigenvalue weighted by Gasteiger charge is -2.36. The van der Waals surface area contributed by atoms with Crippen LogP contribution in [0.15, 0.2) is 0 Å². The maximum absolute atomic E-state index is 11.1. The Morgan fingerprint density at radius 1 is 1.50 bits per heavy atom. The van der Waals surface area contributed by atoms with E-state index in [0.717, 1.165) is 12.8 Å². The molecule has 0 spiro atoms. The fourth-order valence-corrected chi connectivity index (χ4v) is 2.25. The molecule has 4 nitrogen and oxygen atoms in total. The van der Waals surface area contributed by atoms with Gasteiger partial charge in [0, 0.05) is 6.92 Å². The van der Waals surface area contributed by atoms with Gasteiger partial charge in [0.05, 0.1) is 0 Å². The number of nitrogens with one attached hydrogen (secondary N) is 1. The molecule has 1 rings (SSSR count). The van der Waals surface area contributed by atoms with Crippen LogP contribution < -0.4 is 5.32 Å². The lowest BCUT2D eigenvalue weighted by Crippen LogP contribution is -2.56. The van der Waals surface area contributed by atoms with E-state index in [0.29, 0.717) is 18.8 Å². The highest BCUT2D eigenvalue weighted by Gasteiger charge is 2.42. The third kappa shape index (κ3) is 2.25. The molecule has 14 heavy (non-hydrogen) atoms. The molecule has 2 atom stereocenters. The first-order chi connectivity index (χ1) is 6.46. The van der Waals surface area contributed by atoms with Crippen molar-refractivity contribution in [2.45, 2.75) is 45.1 Å². The molecule has 0 saturated heterocycles. The number of carboxylic acid groups (broad SMARTS) is 1. The summed E-state index contributed by atoms with van der Waals surface area (Å²) in [6.45, 7) is 3.39. The molecule has 1 aliphatic rings. The fraction of sp³-hybridized carbons (Fsp3) is 0.800. The summed E-state index contributed by atoms with van der Waals surface area (Å²) in [4.78, 5) is 22.1. The third-order valence-corrected chi connectivity index (χ3v) is 2.82. The van der Waals surface area contributed by atoms with Gasteiger partial charge in [-0.25, -0.2) is 4.79 Å². The quantitative estimate of drug-likeness (QED) is 0.701. The van der Waals surface area contributed by atoms with Crippen molar-refractivity contribution in [2.24, 2.45) is 5.92 Å². The van der Waals surface area contributed by atoms with Crippen molar-refractivity contribution in [1.29, 1.82) is 0 Å². The second-order valence-corrected chi connectivity index (χ2v) is 4.27. The Balaban J connectivity index is 2.80. The van der Waals surface area contributed by atoms with E-state index in [2.05, 4.69) is 5.32 Å². The van der Waals surface area contributed by atoms with Crippen LogP contribution in [0.3, 0.4) is 0 Å². The monoisotopic (exact) mass is 199 g/mol. The largest absolute Gasteiger partial charge is 0.480 e. The normalized spacial score (nSPS) is 32.3. The molecule has 0 aromatic heterocycles. The van der Waals surface area contributed by atoms with Crippen LogP contribution in [0.25, 0.3) is 0 Å². The lowest BCUT2D eigenvalue weighted by molar-refractivity contribution is -0.149. The van der Waals surface area contributed by atoms with Gasteiger partial charge in [0.2, 0.25) is 5.91 Å². The van der Waals surface area contributed by atoms with Crippen molar-refractivity contribution >= 4 is 11.9 Å². The van der Waals surface area contributed by atoms with E-state index in [4.69, 9.17) is 5.11 Å². The molecular weight excluding hydrogens is 182 g/mol. The number of carbonyl (C=O) groups excluding carboxylic acids is 1. The molecule has 1 aliphatic carbocycles. The number of carbonyl (C=O) groups is 2. The van der Waals surface area contributed by atoms with E-state index in [1.165, 1.54) is 6.92 Å². The van der Waals surface area contributed by atoms with Gasteiger partial charge in [0.1, 0.15) is 5.54 Å². The van der Waals surface area contributed by atoms with E-state index in [-0.39, 0.29) is 5.91 Å². The van der Waals surface area contributed by atoms with Crippen LogP contribution >= 0.6 is 0 Å². The summed E-state index contributed by atoms with van der Waals surface area (Å²) >= 11 is 0. The van der Waals surface area contributed by atoms with E-state index in [9.17, 15) is 9.59 Å². The number of aliphatic carboxylic acids is 1. The van der Waals surface area contributed by atoms with Gasteiger partial charge in [-0.1, -0.05) is 19.8 Å². The summed E-state index contributed by atoms with van der Waals surface area (Å²) in [7, 11) is 0. The SMILES string of the molecule is CC(=O)N[C@@]1(C(=O)O)CCC[C@@H](C)C1. The molecule has 4 heteroatoms. The van der Waals surface area contributed by atoms with Crippen molar-refractivity contribution in [3.63, 3.8) is 0 Å². The van der Waals surface area contributed by atoms with Gasteiger partial charge in [-0.3, -0.25) is 4.79 Å². The summed E-state index contributed by atoms with van der Waals surface area (Å²) < 4.78 is 0. The Morgan fingerprint density at radius 2 is 2.14 bits per heavy atom. The molecule has 1 amide bonds. The molecular formula is C10H17NO3. The van der Waals surface area contributed by atoms with Gasteiger partial charge < -0.3 is 10.4 Å². The highest BCUT2D eigenvalue weighted by atomic mass is 16.4. The molecule has 0 aromatic rings. The second kappa shape index (κ2) is 3.98. The molecule has 0 heterocycles. The Hall–Kier alpha value is -1.06. The predicted molar refractivity (Wildman–Crippen MR) is 51.8 cm³/mol. The second-order valence-electron chi connectivity index (χ2n) is 4.27. The smallest absolute Gasteiger partial charge is 0.329 e. The minimum atomic E-state index is -1.01. The highest BCUT2D eigenvalue weighted by molar-refractivity contribution is 5.86. The highest BCUT2D eigenvalue weighted by Crippen LogP contribution is 2.32. The summed E-state index contributed by atoms with van der Waals surface area (Å²) in [5.41, 5.74) is -1.01. The van der Waals surface area contributed by atoms with Gasteiger partial charge in [-0.05, 0) is 18.8 Å². The summed E-state index contributed by atoms with van der Waals surface area (Å²) in [5, 5.41) is 11.7. The maximum Gasteiger partial charge on any atom is 0.329 e. The van der Waals surface area contributed by atoms with Crippen molar-refractivity contribution in [1.82, 2.24) is 5.32 Å². The third-order valence-electron chi connectivity index (χ3n) is 2.82. The maximum atomic E-state index is 11.1. The molecule has 80 valence electrons. The Bertz CT molecular complexity index is 252. The number of amides is 1. The van der Waals surface area contributed by atoms with E-state index in [1.807, 2.05) is 6.92 Å². The van der Waals surface area contributed by atoms with Gasteiger partial charge in [-0.2, -0.15) is 0 Å². The van der Waals surface area contributed by atoms with Crippen LogP contribution in [0.2, 0.25) is 0 Å². The van der Waals surface area contributed by atoms with Crippen molar-refractivity contribution < 1.29 is 14.7 Å². The fourth-order valence-electron chi connectivity index (χ4n) is 2.25. The van der Waals surface area contributed by atoms with Crippen LogP contribution in [0.1, 0.15) is 39.5 Å². The molecule has 0 unspecified atom stereocenters. The minimum Gasteiger partial charge on any atom is -0.480 e. The zero-order valence-corrected chi connectivity index (χ0v) is 8.67. The van der Waals surface area contributed by atoms with Crippen molar-refractivity contribution in [3.8, 4) is 0 Å². The van der Waals surface area contributed by atoms with E-state index < -0.39 is 11.5 Å². The lowest BCUT2D eigenvalue weighted by atomic mass is 9.76. The molecule has 2 N–H and O–H groups in total. The van der Waals surface area contributed by atoms with Crippen LogP contribution in [-0.4, -0.2) is 22.5 Å². The Labute approximate surface area is 83.7 Å². The number of carboxylic acids is 1. The number of hydrogen-bond donors (Lipinski definition) is 2. The molecule has 1 saturated carbocycles. The molecule has 0 radical (unpaired) electrons. The van der Waals surface area contributed by atoms with Crippen LogP contribution in [-0.2, 0) is 9.59 Å². The number of rotatable bonds is 2. The molecule has 1 fully saturated rings. The first-order valence-electron chi connectivity index (χ1n) is 4.98. The zero-order valence-electron chi connectivity index (χ0n) is 8.67. The van der Waals surface area contributed by atoms with Crippen molar-refractivity contribution in [3.05, 3.63) is 0 Å². The first-order valence-corrected chi connectivity index (χ1v) is 4.98. The average Bonchev–Trinajstić information content (AvgIpc) is 2.02. The topological polar surface area (TPSA) is 66.4 Å². The van der Waals surface area contributed by atoms with Gasteiger partial charge in [0.15, 0.2) is 0 Å². The van der Waals surface area contributed by atoms with E-state index >= 15 is 0 Å². The first kappa shape index (κ1) is 11.0.